The van der Waals surface area contributed by atoms with Gasteiger partial charge in [0.15, 0.2) is 0 Å². The molecule has 20 heavy (non-hydrogen) atoms. The number of carbonyl (C=O) groups is 1. The van der Waals surface area contributed by atoms with Crippen molar-refractivity contribution in [2.45, 2.75) is 12.8 Å². The van der Waals surface area contributed by atoms with Gasteiger partial charge in [-0.15, -0.1) is 0 Å². The summed E-state index contributed by atoms with van der Waals surface area (Å²) in [6, 6.07) is 13.3. The monoisotopic (exact) mass is 266 g/mol. The van der Waals surface area contributed by atoms with Gasteiger partial charge in [0.2, 0.25) is 0 Å². The van der Waals surface area contributed by atoms with Gasteiger partial charge < -0.3 is 9.84 Å². The maximum atomic E-state index is 11.1. The van der Waals surface area contributed by atoms with E-state index >= 15 is 0 Å². The molecule has 1 N–H and O–H groups in total. The number of carboxylic acid groups (broad SMARTS) is 1. The molecule has 0 aromatic heterocycles. The van der Waals surface area contributed by atoms with Crippen LogP contribution in [0.5, 0.6) is 11.5 Å². The number of hydrogen-bond donors (Lipinski definition) is 1. The molecule has 0 saturated heterocycles. The van der Waals surface area contributed by atoms with Crippen molar-refractivity contribution < 1.29 is 14.6 Å². The van der Waals surface area contributed by atoms with E-state index in [1.165, 1.54) is 0 Å². The van der Waals surface area contributed by atoms with Crippen molar-refractivity contribution in [1.82, 2.24) is 0 Å². The standard InChI is InChI=1S/C17H14O3/c1-11(17(18)19)13-8-9-16-14(10-13)7-6-12-4-2-3-5-15(12)20-16/h2-11H,1H3,(H,18,19)/t11-/m0/s1. The molecule has 0 bridgehead atoms. The summed E-state index contributed by atoms with van der Waals surface area (Å²) < 4.78 is 5.89. The number of para-hydroxylation sites is 1. The second kappa shape index (κ2) is 4.85. The van der Waals surface area contributed by atoms with Crippen LogP contribution in [0.1, 0.15) is 29.5 Å². The molecular formula is C17H14O3. The van der Waals surface area contributed by atoms with Gasteiger partial charge in [-0.25, -0.2) is 0 Å². The third kappa shape index (κ3) is 2.18. The molecule has 1 aliphatic heterocycles. The maximum absolute atomic E-state index is 11.1. The Morgan fingerprint density at radius 3 is 2.55 bits per heavy atom. The van der Waals surface area contributed by atoms with Crippen LogP contribution in [0.25, 0.3) is 12.2 Å². The number of carboxylic acids is 1. The molecular weight excluding hydrogens is 252 g/mol. The lowest BCUT2D eigenvalue weighted by Gasteiger charge is -2.12. The molecule has 100 valence electrons. The van der Waals surface area contributed by atoms with Gasteiger partial charge in [0.1, 0.15) is 11.5 Å². The van der Waals surface area contributed by atoms with E-state index < -0.39 is 11.9 Å². The Labute approximate surface area is 117 Å². The van der Waals surface area contributed by atoms with Gasteiger partial charge in [0.05, 0.1) is 5.92 Å². The van der Waals surface area contributed by atoms with Crippen LogP contribution in [0.4, 0.5) is 0 Å². The summed E-state index contributed by atoms with van der Waals surface area (Å²) in [7, 11) is 0. The zero-order valence-electron chi connectivity index (χ0n) is 11.0. The zero-order valence-corrected chi connectivity index (χ0v) is 11.0. The van der Waals surface area contributed by atoms with Crippen LogP contribution < -0.4 is 4.74 Å². The second-order valence-corrected chi connectivity index (χ2v) is 4.83. The summed E-state index contributed by atoms with van der Waals surface area (Å²) in [6.07, 6.45) is 3.94. The predicted octanol–water partition coefficient (Wildman–Crippen LogP) is 4.15. The minimum Gasteiger partial charge on any atom is -0.481 e. The van der Waals surface area contributed by atoms with Gasteiger partial charge in [-0.1, -0.05) is 36.4 Å². The lowest BCUT2D eigenvalue weighted by Crippen LogP contribution is -2.07. The highest BCUT2D eigenvalue weighted by molar-refractivity contribution is 5.80. The van der Waals surface area contributed by atoms with Crippen molar-refractivity contribution >= 4 is 18.1 Å². The highest BCUT2D eigenvalue weighted by Crippen LogP contribution is 2.35. The molecule has 1 atom stereocenters. The molecule has 0 fully saturated rings. The first-order chi connectivity index (χ1) is 9.65. The topological polar surface area (TPSA) is 46.5 Å². The average molecular weight is 266 g/mol. The fourth-order valence-corrected chi connectivity index (χ4v) is 2.21. The summed E-state index contributed by atoms with van der Waals surface area (Å²) in [6.45, 7) is 1.68. The van der Waals surface area contributed by atoms with Crippen molar-refractivity contribution in [1.29, 1.82) is 0 Å². The summed E-state index contributed by atoms with van der Waals surface area (Å²) in [5, 5.41) is 9.09. The Balaban J connectivity index is 2.04. The Morgan fingerprint density at radius 1 is 1.05 bits per heavy atom. The van der Waals surface area contributed by atoms with E-state index in [-0.39, 0.29) is 0 Å². The SMILES string of the molecule is C[C@H](C(=O)O)c1ccc2c(c1)C=Cc1ccccc1O2. The molecule has 1 heterocycles. The van der Waals surface area contributed by atoms with Crippen molar-refractivity contribution in [2.24, 2.45) is 0 Å². The summed E-state index contributed by atoms with van der Waals surface area (Å²) in [4.78, 5) is 11.1. The lowest BCUT2D eigenvalue weighted by atomic mass is 9.98. The molecule has 0 spiro atoms. The van der Waals surface area contributed by atoms with Crippen LogP contribution in [-0.4, -0.2) is 11.1 Å². The fraction of sp³-hybridized carbons (Fsp3) is 0.118. The summed E-state index contributed by atoms with van der Waals surface area (Å²) in [5.41, 5.74) is 2.68. The first kappa shape index (κ1) is 12.5. The molecule has 0 saturated carbocycles. The number of aliphatic carboxylic acids is 1. The summed E-state index contributed by atoms with van der Waals surface area (Å²) in [5.74, 6) is 0.195. The molecule has 0 radical (unpaired) electrons. The van der Waals surface area contributed by atoms with Crippen molar-refractivity contribution in [3.8, 4) is 11.5 Å². The van der Waals surface area contributed by atoms with Crippen LogP contribution in [0.2, 0.25) is 0 Å². The van der Waals surface area contributed by atoms with E-state index in [0.717, 1.165) is 28.2 Å². The number of rotatable bonds is 2. The molecule has 3 rings (SSSR count). The van der Waals surface area contributed by atoms with Gasteiger partial charge in [-0.2, -0.15) is 0 Å². The van der Waals surface area contributed by atoms with E-state index in [9.17, 15) is 4.79 Å². The van der Waals surface area contributed by atoms with Gasteiger partial charge in [-0.3, -0.25) is 4.79 Å². The molecule has 0 unspecified atom stereocenters. The second-order valence-electron chi connectivity index (χ2n) is 4.83. The highest BCUT2D eigenvalue weighted by atomic mass is 16.5. The fourth-order valence-electron chi connectivity index (χ4n) is 2.21. The molecule has 3 heteroatoms. The van der Waals surface area contributed by atoms with Crippen molar-refractivity contribution in [2.75, 3.05) is 0 Å². The number of ether oxygens (including phenoxy) is 1. The summed E-state index contributed by atoms with van der Waals surface area (Å²) >= 11 is 0. The third-order valence-corrected chi connectivity index (χ3v) is 3.49. The predicted molar refractivity (Wildman–Crippen MR) is 77.9 cm³/mol. The first-order valence-electron chi connectivity index (χ1n) is 6.47. The Bertz CT molecular complexity index is 701. The Kier molecular flexibility index (Phi) is 3.03. The van der Waals surface area contributed by atoms with Gasteiger partial charge in [0, 0.05) is 11.1 Å². The quantitative estimate of drug-likeness (QED) is 0.757. The molecule has 1 aliphatic rings. The van der Waals surface area contributed by atoms with Crippen LogP contribution >= 0.6 is 0 Å². The van der Waals surface area contributed by atoms with E-state index in [1.54, 1.807) is 13.0 Å². The first-order valence-corrected chi connectivity index (χ1v) is 6.47. The molecule has 0 amide bonds. The van der Waals surface area contributed by atoms with Crippen molar-refractivity contribution in [3.63, 3.8) is 0 Å². The smallest absolute Gasteiger partial charge is 0.310 e. The van der Waals surface area contributed by atoms with E-state index in [0.29, 0.717) is 0 Å². The normalized spacial score (nSPS) is 13.7. The van der Waals surface area contributed by atoms with Crippen LogP contribution in [0.3, 0.4) is 0 Å². The maximum Gasteiger partial charge on any atom is 0.310 e. The molecule has 2 aromatic carbocycles. The largest absolute Gasteiger partial charge is 0.481 e. The van der Waals surface area contributed by atoms with E-state index in [2.05, 4.69) is 0 Å². The van der Waals surface area contributed by atoms with Crippen LogP contribution in [0, 0.1) is 0 Å². The Hall–Kier alpha value is -2.55. The molecule has 0 aliphatic carbocycles. The minimum absolute atomic E-state index is 0.528. The average Bonchev–Trinajstić information content (AvgIpc) is 2.64. The third-order valence-electron chi connectivity index (χ3n) is 3.49. The van der Waals surface area contributed by atoms with Crippen LogP contribution in [-0.2, 0) is 4.79 Å². The molecule has 2 aromatic rings. The highest BCUT2D eigenvalue weighted by Gasteiger charge is 2.16. The molecule has 3 nitrogen and oxygen atoms in total. The van der Waals surface area contributed by atoms with E-state index in [4.69, 9.17) is 9.84 Å². The van der Waals surface area contributed by atoms with Crippen LogP contribution in [0.15, 0.2) is 42.5 Å². The minimum atomic E-state index is -0.827. The van der Waals surface area contributed by atoms with Gasteiger partial charge in [0.25, 0.3) is 0 Å². The van der Waals surface area contributed by atoms with Gasteiger partial charge >= 0.3 is 5.97 Å². The van der Waals surface area contributed by atoms with E-state index in [1.807, 2.05) is 48.6 Å². The number of hydrogen-bond acceptors (Lipinski definition) is 2. The lowest BCUT2D eigenvalue weighted by molar-refractivity contribution is -0.138. The number of fused-ring (bicyclic) bond motifs is 2. The Morgan fingerprint density at radius 2 is 1.75 bits per heavy atom. The zero-order chi connectivity index (χ0) is 14.1. The number of benzene rings is 2. The van der Waals surface area contributed by atoms with Gasteiger partial charge in [-0.05, 0) is 30.7 Å². The van der Waals surface area contributed by atoms with Crippen molar-refractivity contribution in [3.05, 3.63) is 59.2 Å².